The molecule has 7 nitrogen and oxygen atoms in total. The van der Waals surface area contributed by atoms with Gasteiger partial charge >= 0.3 is 0 Å². The average molecular weight is 445 g/mol. The van der Waals surface area contributed by atoms with Gasteiger partial charge < -0.3 is 19.7 Å². The van der Waals surface area contributed by atoms with Gasteiger partial charge in [0.25, 0.3) is 5.91 Å². The zero-order chi connectivity index (χ0) is 22.0. The first-order valence-corrected chi connectivity index (χ1v) is 11.1. The first kappa shape index (κ1) is 22.0. The minimum Gasteiger partial charge on any atom is -0.381 e. The SMILES string of the molecule is CC(C)(C)OCCN1Cc2ccc(-c3nc(NC4CCOCC4)ncc3Cl)cc2C1=O. The number of carbonyl (C=O) groups excluding carboxylic acids is 1. The van der Waals surface area contributed by atoms with Gasteiger partial charge in [-0.15, -0.1) is 0 Å². The smallest absolute Gasteiger partial charge is 0.254 e. The maximum Gasteiger partial charge on any atom is 0.254 e. The highest BCUT2D eigenvalue weighted by molar-refractivity contribution is 6.33. The highest BCUT2D eigenvalue weighted by Crippen LogP contribution is 2.31. The minimum atomic E-state index is -0.219. The quantitative estimate of drug-likeness (QED) is 0.720. The lowest BCUT2D eigenvalue weighted by molar-refractivity contribution is -0.0116. The molecule has 4 rings (SSSR count). The highest BCUT2D eigenvalue weighted by atomic mass is 35.5. The standard InChI is InChI=1S/C23H29ClN4O3/c1-23(2,3)31-11-8-28-14-16-5-4-15(12-18(16)21(28)29)20-19(24)13-25-22(27-20)26-17-6-9-30-10-7-17/h4-5,12-13,17H,6-11,14H2,1-3H3,(H,25,26,27). The van der Waals surface area contributed by atoms with E-state index in [0.717, 1.165) is 37.2 Å². The van der Waals surface area contributed by atoms with E-state index in [1.807, 2.05) is 43.9 Å². The van der Waals surface area contributed by atoms with E-state index in [2.05, 4.69) is 15.3 Å². The van der Waals surface area contributed by atoms with E-state index in [0.29, 0.717) is 41.9 Å². The molecule has 3 heterocycles. The lowest BCUT2D eigenvalue weighted by Gasteiger charge is -2.23. The van der Waals surface area contributed by atoms with Gasteiger partial charge in [0.05, 0.1) is 29.1 Å². The highest BCUT2D eigenvalue weighted by Gasteiger charge is 2.28. The van der Waals surface area contributed by atoms with E-state index < -0.39 is 0 Å². The lowest BCUT2D eigenvalue weighted by atomic mass is 10.0. The molecule has 0 spiro atoms. The topological polar surface area (TPSA) is 76.6 Å². The summed E-state index contributed by atoms with van der Waals surface area (Å²) in [6.45, 7) is 9.17. The number of anilines is 1. The van der Waals surface area contributed by atoms with E-state index in [4.69, 9.17) is 21.1 Å². The predicted octanol–water partition coefficient (Wildman–Crippen LogP) is 4.16. The Bertz CT molecular complexity index is 954. The zero-order valence-corrected chi connectivity index (χ0v) is 19.0. The Labute approximate surface area is 188 Å². The number of hydrogen-bond acceptors (Lipinski definition) is 6. The molecule has 8 heteroatoms. The van der Waals surface area contributed by atoms with Crippen molar-refractivity contribution in [1.29, 1.82) is 0 Å². The fraction of sp³-hybridized carbons (Fsp3) is 0.522. The van der Waals surface area contributed by atoms with E-state index in [1.165, 1.54) is 0 Å². The number of halogens is 1. The molecule has 0 radical (unpaired) electrons. The van der Waals surface area contributed by atoms with Crippen LogP contribution in [0.1, 0.15) is 49.5 Å². The first-order chi connectivity index (χ1) is 14.8. The maximum atomic E-state index is 12.9. The van der Waals surface area contributed by atoms with Crippen molar-refractivity contribution in [2.24, 2.45) is 0 Å². The zero-order valence-electron chi connectivity index (χ0n) is 18.3. The van der Waals surface area contributed by atoms with Crippen molar-refractivity contribution in [2.45, 2.75) is 51.8 Å². The van der Waals surface area contributed by atoms with Crippen molar-refractivity contribution in [3.63, 3.8) is 0 Å². The Morgan fingerprint density at radius 2 is 2.06 bits per heavy atom. The predicted molar refractivity (Wildman–Crippen MR) is 120 cm³/mol. The molecule has 0 bridgehead atoms. The van der Waals surface area contributed by atoms with Crippen LogP contribution in [0.2, 0.25) is 5.02 Å². The summed E-state index contributed by atoms with van der Waals surface area (Å²) < 4.78 is 11.2. The third kappa shape index (κ3) is 5.34. The fourth-order valence-corrected chi connectivity index (χ4v) is 4.01. The van der Waals surface area contributed by atoms with Crippen LogP contribution in [-0.2, 0) is 16.0 Å². The molecule has 31 heavy (non-hydrogen) atoms. The van der Waals surface area contributed by atoms with Crippen LogP contribution in [0.25, 0.3) is 11.3 Å². The van der Waals surface area contributed by atoms with Gasteiger partial charge in [-0.2, -0.15) is 0 Å². The van der Waals surface area contributed by atoms with Crippen LogP contribution in [0, 0.1) is 0 Å². The number of aromatic nitrogens is 2. The van der Waals surface area contributed by atoms with Crippen LogP contribution in [0.3, 0.4) is 0 Å². The Balaban J connectivity index is 1.50. The summed E-state index contributed by atoms with van der Waals surface area (Å²) in [5.74, 6) is 0.555. The van der Waals surface area contributed by atoms with Crippen LogP contribution < -0.4 is 5.32 Å². The Hall–Kier alpha value is -2.22. The van der Waals surface area contributed by atoms with Gasteiger partial charge in [-0.05, 0) is 45.2 Å². The van der Waals surface area contributed by atoms with Crippen molar-refractivity contribution in [1.82, 2.24) is 14.9 Å². The van der Waals surface area contributed by atoms with E-state index in [-0.39, 0.29) is 17.6 Å². The molecule has 1 amide bonds. The van der Waals surface area contributed by atoms with E-state index in [1.54, 1.807) is 6.20 Å². The maximum absolute atomic E-state index is 12.9. The summed E-state index contributed by atoms with van der Waals surface area (Å²) in [5.41, 5.74) is 2.92. The Kier molecular flexibility index (Phi) is 6.46. The molecular weight excluding hydrogens is 416 g/mol. The number of ether oxygens (including phenoxy) is 2. The molecule has 1 aromatic heterocycles. The molecule has 1 fully saturated rings. The van der Waals surface area contributed by atoms with Gasteiger partial charge in [0.15, 0.2) is 0 Å². The summed E-state index contributed by atoms with van der Waals surface area (Å²) in [6, 6.07) is 6.12. The molecule has 1 aromatic carbocycles. The van der Waals surface area contributed by atoms with Gasteiger partial charge in [-0.3, -0.25) is 4.79 Å². The Morgan fingerprint density at radius 1 is 1.29 bits per heavy atom. The number of nitrogens with one attached hydrogen (secondary N) is 1. The third-order valence-corrected chi connectivity index (χ3v) is 5.73. The van der Waals surface area contributed by atoms with Gasteiger partial charge in [0.2, 0.25) is 5.95 Å². The van der Waals surface area contributed by atoms with Crippen molar-refractivity contribution >= 4 is 23.5 Å². The van der Waals surface area contributed by atoms with Crippen LogP contribution in [-0.4, -0.2) is 58.8 Å². The normalized spacial score (nSPS) is 17.2. The largest absolute Gasteiger partial charge is 0.381 e. The molecule has 1 N–H and O–H groups in total. The molecule has 0 saturated carbocycles. The molecule has 0 aliphatic carbocycles. The number of benzene rings is 1. The van der Waals surface area contributed by atoms with E-state index in [9.17, 15) is 4.79 Å². The van der Waals surface area contributed by atoms with Crippen molar-refractivity contribution in [3.05, 3.63) is 40.5 Å². The molecule has 0 unspecified atom stereocenters. The van der Waals surface area contributed by atoms with Gasteiger partial charge in [-0.25, -0.2) is 9.97 Å². The van der Waals surface area contributed by atoms with Gasteiger partial charge in [0.1, 0.15) is 0 Å². The van der Waals surface area contributed by atoms with Crippen molar-refractivity contribution in [3.8, 4) is 11.3 Å². The second kappa shape index (κ2) is 9.10. The van der Waals surface area contributed by atoms with Crippen molar-refractivity contribution < 1.29 is 14.3 Å². The first-order valence-electron chi connectivity index (χ1n) is 10.7. The summed E-state index contributed by atoms with van der Waals surface area (Å²) in [4.78, 5) is 23.7. The van der Waals surface area contributed by atoms with Crippen LogP contribution in [0.15, 0.2) is 24.4 Å². The van der Waals surface area contributed by atoms with Gasteiger partial charge in [0, 0.05) is 43.5 Å². The van der Waals surface area contributed by atoms with Crippen molar-refractivity contribution in [2.75, 3.05) is 31.7 Å². The molecule has 166 valence electrons. The fourth-order valence-electron chi connectivity index (χ4n) is 3.81. The van der Waals surface area contributed by atoms with Gasteiger partial charge in [-0.1, -0.05) is 23.7 Å². The number of nitrogens with zero attached hydrogens (tertiary/aromatic N) is 3. The second-order valence-corrected chi connectivity index (χ2v) is 9.39. The summed E-state index contributed by atoms with van der Waals surface area (Å²) in [6.07, 6.45) is 3.45. The molecule has 2 aromatic rings. The number of hydrogen-bond donors (Lipinski definition) is 1. The summed E-state index contributed by atoms with van der Waals surface area (Å²) in [7, 11) is 0. The average Bonchev–Trinajstić information content (AvgIpc) is 3.04. The number of fused-ring (bicyclic) bond motifs is 1. The lowest BCUT2D eigenvalue weighted by Crippen LogP contribution is -2.31. The Morgan fingerprint density at radius 3 is 2.81 bits per heavy atom. The molecule has 2 aliphatic heterocycles. The number of carbonyl (C=O) groups is 1. The second-order valence-electron chi connectivity index (χ2n) is 8.98. The third-order valence-electron chi connectivity index (χ3n) is 5.46. The molecule has 0 atom stereocenters. The number of amides is 1. The molecular formula is C23H29ClN4O3. The minimum absolute atomic E-state index is 0.0140. The monoisotopic (exact) mass is 444 g/mol. The summed E-state index contributed by atoms with van der Waals surface area (Å²) in [5, 5.41) is 3.83. The van der Waals surface area contributed by atoms with E-state index >= 15 is 0 Å². The van der Waals surface area contributed by atoms with Crippen LogP contribution >= 0.6 is 11.6 Å². The number of rotatable bonds is 6. The summed E-state index contributed by atoms with van der Waals surface area (Å²) >= 11 is 6.42. The molecule has 1 saturated heterocycles. The van der Waals surface area contributed by atoms with Crippen LogP contribution in [0.4, 0.5) is 5.95 Å². The molecule has 2 aliphatic rings. The van der Waals surface area contributed by atoms with Crippen LogP contribution in [0.5, 0.6) is 0 Å².